The summed E-state index contributed by atoms with van der Waals surface area (Å²) in [5, 5.41) is 4.83. The van der Waals surface area contributed by atoms with Crippen LogP contribution < -0.4 is 10.2 Å². The summed E-state index contributed by atoms with van der Waals surface area (Å²) in [5.74, 6) is 0. The van der Waals surface area contributed by atoms with E-state index in [-0.39, 0.29) is 11.1 Å². The van der Waals surface area contributed by atoms with Crippen molar-refractivity contribution in [1.82, 2.24) is 24.7 Å². The van der Waals surface area contributed by atoms with Crippen molar-refractivity contribution in [2.75, 3.05) is 11.9 Å². The maximum absolute atomic E-state index is 4.90. The average Bonchev–Trinajstić information content (AvgIpc) is 3.29. The highest BCUT2D eigenvalue weighted by molar-refractivity contribution is 7.22. The predicted octanol–water partition coefficient (Wildman–Crippen LogP) is 5.12. The van der Waals surface area contributed by atoms with Crippen LogP contribution in [0.15, 0.2) is 24.7 Å². The monoisotopic (exact) mass is 440 g/mol. The molecule has 4 aromatic rings. The summed E-state index contributed by atoms with van der Waals surface area (Å²) in [6.07, 6.45) is 8.24. The third-order valence-electron chi connectivity index (χ3n) is 5.82. The third kappa shape index (κ3) is 3.61. The lowest BCUT2D eigenvalue weighted by atomic mass is 9.79. The summed E-state index contributed by atoms with van der Waals surface area (Å²) < 4.78 is 3.23. The van der Waals surface area contributed by atoms with Gasteiger partial charge in [-0.05, 0) is 53.5 Å². The molecule has 1 N–H and O–H groups in total. The van der Waals surface area contributed by atoms with E-state index in [1.165, 1.54) is 4.88 Å². The van der Waals surface area contributed by atoms with Crippen LogP contribution in [0.2, 0.25) is 0 Å². The van der Waals surface area contributed by atoms with Gasteiger partial charge in [-0.3, -0.25) is 9.38 Å². The zero-order valence-corrected chi connectivity index (χ0v) is 20.0. The number of rotatable bonds is 3. The molecule has 1 fully saturated rings. The summed E-state index contributed by atoms with van der Waals surface area (Å²) in [6.45, 7) is 11.3. The number of anilines is 1. The lowest BCUT2D eigenvalue weighted by molar-refractivity contribution is 0.161. The van der Waals surface area contributed by atoms with Gasteiger partial charge in [0.05, 0.1) is 16.6 Å². The Kier molecular flexibility index (Phi) is 4.47. The van der Waals surface area contributed by atoms with Crippen LogP contribution in [-0.2, 0) is 0 Å². The first-order valence-electron chi connectivity index (χ1n) is 10.3. The molecule has 0 unspecified atom stereocenters. The van der Waals surface area contributed by atoms with E-state index in [1.54, 1.807) is 22.7 Å². The minimum absolute atomic E-state index is 0.110. The first-order valence-corrected chi connectivity index (χ1v) is 12.0. The Balaban J connectivity index is 1.45. The second-order valence-corrected chi connectivity index (χ2v) is 12.0. The molecule has 0 saturated carbocycles. The molecule has 0 aliphatic carbocycles. The molecule has 5 heterocycles. The molecular formula is C22H28N6S2. The molecule has 5 rings (SSSR count). The summed E-state index contributed by atoms with van der Waals surface area (Å²) in [6, 6.07) is 2.58. The maximum atomic E-state index is 4.90. The van der Waals surface area contributed by atoms with E-state index in [2.05, 4.69) is 79.7 Å². The van der Waals surface area contributed by atoms with E-state index in [1.807, 2.05) is 6.20 Å². The Labute approximate surface area is 185 Å². The van der Waals surface area contributed by atoms with Crippen molar-refractivity contribution < 1.29 is 0 Å². The van der Waals surface area contributed by atoms with Gasteiger partial charge >= 0.3 is 0 Å². The summed E-state index contributed by atoms with van der Waals surface area (Å²) in [7, 11) is 2.18. The summed E-state index contributed by atoms with van der Waals surface area (Å²) in [4.78, 5) is 18.9. The van der Waals surface area contributed by atoms with Gasteiger partial charge in [-0.1, -0.05) is 11.3 Å². The molecule has 4 aromatic heterocycles. The van der Waals surface area contributed by atoms with Gasteiger partial charge in [0.1, 0.15) is 11.2 Å². The lowest BCUT2D eigenvalue weighted by Crippen LogP contribution is -2.61. The fraction of sp³-hybridized carbons (Fsp3) is 0.500. The largest absolute Gasteiger partial charge is 0.348 e. The summed E-state index contributed by atoms with van der Waals surface area (Å²) >= 11 is 3.44. The molecule has 0 aromatic carbocycles. The molecule has 0 bridgehead atoms. The van der Waals surface area contributed by atoms with Crippen molar-refractivity contribution >= 4 is 43.0 Å². The van der Waals surface area contributed by atoms with E-state index in [9.17, 15) is 0 Å². The topological polar surface area (TPSA) is 58.4 Å². The van der Waals surface area contributed by atoms with Gasteiger partial charge in [-0.25, -0.2) is 9.97 Å². The Bertz CT molecular complexity index is 1180. The smallest absolute Gasteiger partial charge is 0.194 e. The molecule has 1 saturated heterocycles. The lowest BCUT2D eigenvalue weighted by Gasteiger charge is -2.48. The molecule has 1 aliphatic rings. The minimum atomic E-state index is 0.110. The number of piperidine rings is 1. The van der Waals surface area contributed by atoms with Gasteiger partial charge in [-0.2, -0.15) is 0 Å². The Morgan fingerprint density at radius 3 is 2.50 bits per heavy atom. The highest BCUT2D eigenvalue weighted by Gasteiger charge is 2.39. The number of hydrogen-bond donors (Lipinski definition) is 1. The SMILES string of the molecule is Cc1cn2cc(-c3cc4sc(N(C)C5CC(C)(C)NC(C)(C)C5)nc4cn3)nc2s1. The van der Waals surface area contributed by atoms with Gasteiger partial charge in [0.2, 0.25) is 0 Å². The highest BCUT2D eigenvalue weighted by Crippen LogP contribution is 2.36. The van der Waals surface area contributed by atoms with Gasteiger partial charge < -0.3 is 10.2 Å². The highest BCUT2D eigenvalue weighted by atomic mass is 32.1. The van der Waals surface area contributed by atoms with E-state index >= 15 is 0 Å². The van der Waals surface area contributed by atoms with E-state index < -0.39 is 0 Å². The van der Waals surface area contributed by atoms with Crippen LogP contribution in [0.5, 0.6) is 0 Å². The van der Waals surface area contributed by atoms with Gasteiger partial charge in [0.25, 0.3) is 0 Å². The van der Waals surface area contributed by atoms with Crippen LogP contribution in [0, 0.1) is 6.92 Å². The Hall–Kier alpha value is -2.03. The van der Waals surface area contributed by atoms with E-state index in [0.29, 0.717) is 6.04 Å². The molecular weight excluding hydrogens is 412 g/mol. The molecule has 1 aliphatic heterocycles. The number of fused-ring (bicyclic) bond motifs is 2. The molecule has 30 heavy (non-hydrogen) atoms. The van der Waals surface area contributed by atoms with Crippen molar-refractivity contribution in [3.05, 3.63) is 29.5 Å². The fourth-order valence-electron chi connectivity index (χ4n) is 4.84. The van der Waals surface area contributed by atoms with Gasteiger partial charge in [-0.15, -0.1) is 11.3 Å². The second kappa shape index (κ2) is 6.73. The van der Waals surface area contributed by atoms with Crippen LogP contribution in [0.3, 0.4) is 0 Å². The number of pyridine rings is 1. The van der Waals surface area contributed by atoms with Crippen molar-refractivity contribution in [2.45, 2.75) is 64.6 Å². The van der Waals surface area contributed by atoms with Crippen LogP contribution in [0.25, 0.3) is 26.6 Å². The fourth-order valence-corrected chi connectivity index (χ4v) is 6.66. The van der Waals surface area contributed by atoms with Crippen molar-refractivity contribution in [1.29, 1.82) is 0 Å². The number of imidazole rings is 1. The predicted molar refractivity (Wildman–Crippen MR) is 127 cm³/mol. The third-order valence-corrected chi connectivity index (χ3v) is 7.84. The molecule has 8 heteroatoms. The zero-order valence-electron chi connectivity index (χ0n) is 18.4. The standard InChI is InChI=1S/C22H28N6S2/c1-13-11-28-12-17(25-20(28)29-13)15-7-18-16(10-23-15)24-19(30-18)27(6)14-8-21(2,3)26-22(4,5)9-14/h7,10-12,14,26H,8-9H2,1-6H3. The summed E-state index contributed by atoms with van der Waals surface area (Å²) in [5.41, 5.74) is 2.98. The molecule has 0 spiro atoms. The van der Waals surface area contributed by atoms with Crippen LogP contribution >= 0.6 is 22.7 Å². The van der Waals surface area contributed by atoms with Crippen molar-refractivity contribution in [3.8, 4) is 11.4 Å². The molecule has 6 nitrogen and oxygen atoms in total. The normalized spacial score (nSPS) is 19.0. The number of hydrogen-bond acceptors (Lipinski definition) is 7. The molecule has 0 atom stereocenters. The second-order valence-electron chi connectivity index (χ2n) is 9.76. The van der Waals surface area contributed by atoms with E-state index in [0.717, 1.165) is 44.5 Å². The maximum Gasteiger partial charge on any atom is 0.194 e. The number of thiazole rings is 2. The molecule has 158 valence electrons. The van der Waals surface area contributed by atoms with Crippen LogP contribution in [-0.4, -0.2) is 43.5 Å². The van der Waals surface area contributed by atoms with Crippen LogP contribution in [0.4, 0.5) is 5.13 Å². The van der Waals surface area contributed by atoms with Crippen LogP contribution in [0.1, 0.15) is 45.4 Å². The number of nitrogens with zero attached hydrogens (tertiary/aromatic N) is 5. The number of nitrogens with one attached hydrogen (secondary N) is 1. The molecule has 0 radical (unpaired) electrons. The first-order chi connectivity index (χ1) is 14.1. The Morgan fingerprint density at radius 1 is 1.07 bits per heavy atom. The Morgan fingerprint density at radius 2 is 1.80 bits per heavy atom. The van der Waals surface area contributed by atoms with Crippen molar-refractivity contribution in [3.63, 3.8) is 0 Å². The average molecular weight is 441 g/mol. The number of aryl methyl sites for hydroxylation is 1. The van der Waals surface area contributed by atoms with Gasteiger partial charge in [0, 0.05) is 41.4 Å². The quantitative estimate of drug-likeness (QED) is 0.479. The van der Waals surface area contributed by atoms with Gasteiger partial charge in [0.15, 0.2) is 10.1 Å². The first kappa shape index (κ1) is 19.9. The number of aromatic nitrogens is 4. The zero-order chi connectivity index (χ0) is 21.3. The van der Waals surface area contributed by atoms with Crippen molar-refractivity contribution in [2.24, 2.45) is 0 Å². The molecule has 0 amide bonds. The minimum Gasteiger partial charge on any atom is -0.348 e. The van der Waals surface area contributed by atoms with E-state index in [4.69, 9.17) is 9.97 Å².